The molecular formula is C11H15N2S+. The molecule has 0 saturated heterocycles. The van der Waals surface area contributed by atoms with E-state index in [1.165, 1.54) is 5.56 Å². The summed E-state index contributed by atoms with van der Waals surface area (Å²) in [5, 5.41) is 3.83. The maximum absolute atomic E-state index is 4.24. The highest BCUT2D eigenvalue weighted by Crippen LogP contribution is 1.93. The molecule has 1 aromatic rings. The number of rotatable bonds is 4. The van der Waals surface area contributed by atoms with Gasteiger partial charge in [-0.15, -0.1) is 0 Å². The number of nitrogens with one attached hydrogen (secondary N) is 2. The lowest BCUT2D eigenvalue weighted by molar-refractivity contribution is -0.474. The minimum Gasteiger partial charge on any atom is -0.266 e. The van der Waals surface area contributed by atoms with Gasteiger partial charge in [-0.3, -0.25) is 10.3 Å². The van der Waals surface area contributed by atoms with Crippen molar-refractivity contribution in [2.24, 2.45) is 0 Å². The second-order valence-corrected chi connectivity index (χ2v) is 3.30. The number of benzene rings is 1. The van der Waals surface area contributed by atoms with Gasteiger partial charge in [0, 0.05) is 0 Å². The highest BCUT2D eigenvalue weighted by Gasteiger charge is 1.96. The summed E-state index contributed by atoms with van der Waals surface area (Å²) in [5.41, 5.74) is 1.24. The predicted molar refractivity (Wildman–Crippen MR) is 63.3 cm³/mol. The largest absolute Gasteiger partial charge is 0.301 e. The maximum atomic E-state index is 4.24. The van der Waals surface area contributed by atoms with Gasteiger partial charge in [0.25, 0.3) is 0 Å². The first kappa shape index (κ1) is 10.9. The van der Waals surface area contributed by atoms with Crippen LogP contribution in [-0.4, -0.2) is 11.7 Å². The van der Waals surface area contributed by atoms with E-state index in [1.807, 2.05) is 18.2 Å². The standard InChI is InChI=1S/C11H14N2S/c1-2-8-12-11(14)13-9-10-6-4-3-5-7-10/h2-7H,1,8-9H2,(H2,12,13,14)/p+1. The van der Waals surface area contributed by atoms with Gasteiger partial charge < -0.3 is 0 Å². The van der Waals surface area contributed by atoms with Gasteiger partial charge >= 0.3 is 5.17 Å². The van der Waals surface area contributed by atoms with Crippen LogP contribution in [-0.2, 0) is 6.54 Å². The van der Waals surface area contributed by atoms with Crippen molar-refractivity contribution >= 4 is 17.8 Å². The molecule has 14 heavy (non-hydrogen) atoms. The summed E-state index contributed by atoms with van der Waals surface area (Å²) in [4.78, 5) is 3.16. The van der Waals surface area contributed by atoms with Crippen molar-refractivity contribution in [2.45, 2.75) is 6.54 Å². The second kappa shape index (κ2) is 6.27. The smallest absolute Gasteiger partial charge is 0.266 e. The van der Waals surface area contributed by atoms with Crippen LogP contribution in [0.1, 0.15) is 5.56 Å². The van der Waals surface area contributed by atoms with Gasteiger partial charge in [-0.25, -0.2) is 0 Å². The van der Waals surface area contributed by atoms with Gasteiger partial charge in [0.1, 0.15) is 13.1 Å². The van der Waals surface area contributed by atoms with E-state index in [0.717, 1.165) is 18.3 Å². The molecule has 0 saturated carbocycles. The van der Waals surface area contributed by atoms with Crippen molar-refractivity contribution in [3.05, 3.63) is 48.6 Å². The molecule has 3 heteroatoms. The van der Waals surface area contributed by atoms with E-state index in [0.29, 0.717) is 0 Å². The Labute approximate surface area is 90.2 Å². The normalized spacial score (nSPS) is 11.1. The quantitative estimate of drug-likeness (QED) is 0.282. The van der Waals surface area contributed by atoms with Gasteiger partial charge in [0.05, 0.1) is 0 Å². The Hall–Kier alpha value is -1.22. The molecule has 0 fully saturated rings. The molecule has 2 nitrogen and oxygen atoms in total. The first-order valence-electron chi connectivity index (χ1n) is 4.51. The Morgan fingerprint density at radius 3 is 2.79 bits per heavy atom. The van der Waals surface area contributed by atoms with Gasteiger partial charge in [-0.05, 0) is 5.56 Å². The predicted octanol–water partition coefficient (Wildman–Crippen LogP) is 0.329. The highest BCUT2D eigenvalue weighted by atomic mass is 32.1. The molecule has 0 aliphatic rings. The van der Waals surface area contributed by atoms with Gasteiger partial charge in [-0.2, -0.15) is 0 Å². The van der Waals surface area contributed by atoms with E-state index in [9.17, 15) is 0 Å². The van der Waals surface area contributed by atoms with Crippen molar-refractivity contribution in [1.82, 2.24) is 5.32 Å². The van der Waals surface area contributed by atoms with Crippen LogP contribution in [0.2, 0.25) is 0 Å². The first-order valence-corrected chi connectivity index (χ1v) is 4.96. The Morgan fingerprint density at radius 1 is 1.43 bits per heavy atom. The average Bonchev–Trinajstić information content (AvgIpc) is 2.25. The lowest BCUT2D eigenvalue weighted by Crippen LogP contribution is -2.73. The van der Waals surface area contributed by atoms with Crippen LogP contribution in [0.25, 0.3) is 0 Å². The third kappa shape index (κ3) is 4.14. The van der Waals surface area contributed by atoms with Crippen LogP contribution in [0.5, 0.6) is 0 Å². The van der Waals surface area contributed by atoms with Crippen LogP contribution < -0.4 is 10.3 Å². The van der Waals surface area contributed by atoms with Gasteiger partial charge in [0.2, 0.25) is 0 Å². The summed E-state index contributed by atoms with van der Waals surface area (Å²) in [6.45, 7) is 5.12. The summed E-state index contributed by atoms with van der Waals surface area (Å²) in [6, 6.07) is 10.2. The minimum atomic E-state index is 0.723. The number of hydrogen-bond donors (Lipinski definition) is 3. The number of amidine groups is 1. The van der Waals surface area contributed by atoms with Crippen molar-refractivity contribution in [3.63, 3.8) is 0 Å². The fraction of sp³-hybridized carbons (Fsp3) is 0.182. The molecule has 0 aromatic heterocycles. The topological polar surface area (TPSA) is 26.0 Å². The lowest BCUT2D eigenvalue weighted by atomic mass is 10.2. The van der Waals surface area contributed by atoms with E-state index in [4.69, 9.17) is 0 Å². The van der Waals surface area contributed by atoms with Crippen molar-refractivity contribution in [2.75, 3.05) is 6.54 Å². The molecule has 0 amide bonds. The second-order valence-electron chi connectivity index (χ2n) is 2.86. The molecule has 1 rings (SSSR count). The molecule has 0 atom stereocenters. The van der Waals surface area contributed by atoms with Crippen LogP contribution >= 0.6 is 12.6 Å². The van der Waals surface area contributed by atoms with Crippen LogP contribution in [0.4, 0.5) is 0 Å². The Bertz CT molecular complexity index is 306. The monoisotopic (exact) mass is 207 g/mol. The fourth-order valence-corrected chi connectivity index (χ4v) is 1.18. The highest BCUT2D eigenvalue weighted by molar-refractivity contribution is 7.96. The molecule has 1 aromatic carbocycles. The number of thiol groups is 1. The SMILES string of the molecule is C=CCNC(S)=[NH+]Cc1ccccc1. The summed E-state index contributed by atoms with van der Waals surface area (Å²) in [6.07, 6.45) is 1.79. The molecule has 74 valence electrons. The van der Waals surface area contributed by atoms with E-state index >= 15 is 0 Å². The molecular weight excluding hydrogens is 192 g/mol. The van der Waals surface area contributed by atoms with Crippen LogP contribution in [0, 0.1) is 0 Å². The van der Waals surface area contributed by atoms with Gasteiger partial charge in [0.15, 0.2) is 0 Å². The van der Waals surface area contributed by atoms with Crippen molar-refractivity contribution < 1.29 is 4.99 Å². The molecule has 0 aliphatic heterocycles. The van der Waals surface area contributed by atoms with Crippen molar-refractivity contribution in [1.29, 1.82) is 0 Å². The average molecular weight is 207 g/mol. The third-order valence-electron chi connectivity index (χ3n) is 1.72. The summed E-state index contributed by atoms with van der Waals surface area (Å²) >= 11 is 4.24. The number of hydrogen-bond acceptors (Lipinski definition) is 0. The molecule has 0 radical (unpaired) electrons. The zero-order valence-corrected chi connectivity index (χ0v) is 8.93. The Balaban J connectivity index is 2.42. The lowest BCUT2D eigenvalue weighted by Gasteiger charge is -1.95. The first-order chi connectivity index (χ1) is 6.83. The minimum absolute atomic E-state index is 0.723. The zero-order valence-electron chi connectivity index (χ0n) is 8.03. The fourth-order valence-electron chi connectivity index (χ4n) is 1.01. The van der Waals surface area contributed by atoms with E-state index in [1.54, 1.807) is 6.08 Å². The third-order valence-corrected chi connectivity index (χ3v) is 2.03. The molecule has 0 aliphatic carbocycles. The summed E-state index contributed by atoms with van der Waals surface area (Å²) in [5.74, 6) is 0. The Morgan fingerprint density at radius 2 is 2.14 bits per heavy atom. The molecule has 2 N–H and O–H groups in total. The molecule has 0 bridgehead atoms. The van der Waals surface area contributed by atoms with Crippen molar-refractivity contribution in [3.8, 4) is 0 Å². The van der Waals surface area contributed by atoms with Crippen LogP contribution in [0.3, 0.4) is 0 Å². The molecule has 0 spiro atoms. The van der Waals surface area contributed by atoms with E-state index in [-0.39, 0.29) is 0 Å². The van der Waals surface area contributed by atoms with E-state index < -0.39 is 0 Å². The van der Waals surface area contributed by atoms with Crippen LogP contribution in [0.15, 0.2) is 43.0 Å². The van der Waals surface area contributed by atoms with Gasteiger partial charge in [-0.1, -0.05) is 55.6 Å². The summed E-state index contributed by atoms with van der Waals surface area (Å²) in [7, 11) is 0. The Kier molecular flexibility index (Phi) is 4.86. The molecule has 0 heterocycles. The maximum Gasteiger partial charge on any atom is 0.301 e. The zero-order chi connectivity index (χ0) is 10.2. The summed E-state index contributed by atoms with van der Waals surface area (Å²) < 4.78 is 0. The van der Waals surface area contributed by atoms with E-state index in [2.05, 4.69) is 41.6 Å². The molecule has 0 unspecified atom stereocenters.